The Morgan fingerprint density at radius 1 is 1.24 bits per heavy atom. The maximum absolute atomic E-state index is 12.0. The molecular weight excluding hydrogens is 270 g/mol. The Morgan fingerprint density at radius 2 is 1.95 bits per heavy atom. The fourth-order valence-electron chi connectivity index (χ4n) is 2.35. The lowest BCUT2D eigenvalue weighted by Crippen LogP contribution is -2.48. The summed E-state index contributed by atoms with van der Waals surface area (Å²) in [5, 5.41) is 6.59. The molecule has 108 valence electrons. The van der Waals surface area contributed by atoms with Crippen LogP contribution in [0.25, 0.3) is 11.3 Å². The van der Waals surface area contributed by atoms with Gasteiger partial charge in [-0.2, -0.15) is 0 Å². The van der Waals surface area contributed by atoms with E-state index in [-0.39, 0.29) is 29.5 Å². The zero-order valence-electron chi connectivity index (χ0n) is 11.3. The molecule has 1 fully saturated rings. The lowest BCUT2D eigenvalue weighted by molar-refractivity contribution is -0.124. The second kappa shape index (κ2) is 5.40. The monoisotopic (exact) mass is 285 g/mol. The van der Waals surface area contributed by atoms with E-state index >= 15 is 0 Å². The number of primary amides is 1. The molecule has 21 heavy (non-hydrogen) atoms. The van der Waals surface area contributed by atoms with Gasteiger partial charge in [0.25, 0.3) is 5.91 Å². The molecule has 1 aliphatic carbocycles. The standard InChI is InChI=1S/C15H15N3O3/c16-14(19)10-6-11(7-10)17-15(20)12-8-13(21-18-12)9-4-2-1-3-5-9/h1-5,8,10-11H,6-7H2,(H2,16,19)(H,17,20). The highest BCUT2D eigenvalue weighted by molar-refractivity contribution is 5.93. The van der Waals surface area contributed by atoms with Crippen molar-refractivity contribution in [1.82, 2.24) is 10.5 Å². The van der Waals surface area contributed by atoms with E-state index in [2.05, 4.69) is 10.5 Å². The first-order valence-electron chi connectivity index (χ1n) is 6.76. The quantitative estimate of drug-likeness (QED) is 0.885. The number of nitrogens with two attached hydrogens (primary N) is 1. The first kappa shape index (κ1) is 13.4. The highest BCUT2D eigenvalue weighted by Gasteiger charge is 2.34. The molecule has 1 aromatic carbocycles. The molecular formula is C15H15N3O3. The van der Waals surface area contributed by atoms with E-state index in [1.54, 1.807) is 6.07 Å². The van der Waals surface area contributed by atoms with Crippen LogP contribution in [0.3, 0.4) is 0 Å². The van der Waals surface area contributed by atoms with Gasteiger partial charge in [-0.3, -0.25) is 9.59 Å². The second-order valence-corrected chi connectivity index (χ2v) is 5.18. The van der Waals surface area contributed by atoms with E-state index in [0.717, 1.165) is 5.56 Å². The summed E-state index contributed by atoms with van der Waals surface area (Å²) >= 11 is 0. The van der Waals surface area contributed by atoms with Gasteiger partial charge in [0, 0.05) is 23.6 Å². The van der Waals surface area contributed by atoms with Gasteiger partial charge in [-0.15, -0.1) is 0 Å². The number of carbonyl (C=O) groups is 2. The third kappa shape index (κ3) is 2.79. The van der Waals surface area contributed by atoms with Gasteiger partial charge in [0.2, 0.25) is 5.91 Å². The SMILES string of the molecule is NC(=O)C1CC(NC(=O)c2cc(-c3ccccc3)on2)C1. The van der Waals surface area contributed by atoms with Crippen molar-refractivity contribution in [2.45, 2.75) is 18.9 Å². The molecule has 1 saturated carbocycles. The van der Waals surface area contributed by atoms with Gasteiger partial charge < -0.3 is 15.6 Å². The lowest BCUT2D eigenvalue weighted by atomic mass is 9.80. The molecule has 6 heteroatoms. The average molecular weight is 285 g/mol. The Morgan fingerprint density at radius 3 is 2.62 bits per heavy atom. The number of benzene rings is 1. The van der Waals surface area contributed by atoms with E-state index < -0.39 is 0 Å². The molecule has 0 saturated heterocycles. The topological polar surface area (TPSA) is 98.2 Å². The molecule has 0 radical (unpaired) electrons. The first-order valence-corrected chi connectivity index (χ1v) is 6.76. The molecule has 1 heterocycles. The summed E-state index contributed by atoms with van der Waals surface area (Å²) in [4.78, 5) is 22.9. The van der Waals surface area contributed by atoms with Crippen molar-refractivity contribution in [3.63, 3.8) is 0 Å². The summed E-state index contributed by atoms with van der Waals surface area (Å²) in [6, 6.07) is 11.0. The van der Waals surface area contributed by atoms with Gasteiger partial charge in [-0.05, 0) is 12.8 Å². The van der Waals surface area contributed by atoms with Crippen LogP contribution >= 0.6 is 0 Å². The van der Waals surface area contributed by atoms with Crippen molar-refractivity contribution >= 4 is 11.8 Å². The van der Waals surface area contributed by atoms with Gasteiger partial charge in [0.15, 0.2) is 11.5 Å². The van der Waals surface area contributed by atoms with Crippen LogP contribution < -0.4 is 11.1 Å². The molecule has 1 aliphatic rings. The number of nitrogens with one attached hydrogen (secondary N) is 1. The molecule has 0 spiro atoms. The summed E-state index contributed by atoms with van der Waals surface area (Å²) < 4.78 is 5.18. The minimum absolute atomic E-state index is 0.0214. The molecule has 0 bridgehead atoms. The number of hydrogen-bond acceptors (Lipinski definition) is 4. The van der Waals surface area contributed by atoms with E-state index in [1.165, 1.54) is 0 Å². The van der Waals surface area contributed by atoms with Gasteiger partial charge in [0.1, 0.15) is 0 Å². The van der Waals surface area contributed by atoms with Gasteiger partial charge in [-0.1, -0.05) is 35.5 Å². The van der Waals surface area contributed by atoms with Crippen LogP contribution in [0.2, 0.25) is 0 Å². The minimum Gasteiger partial charge on any atom is -0.369 e. The Hall–Kier alpha value is -2.63. The van der Waals surface area contributed by atoms with Crippen molar-refractivity contribution in [3.05, 3.63) is 42.1 Å². The molecule has 3 N–H and O–H groups in total. The van der Waals surface area contributed by atoms with Crippen molar-refractivity contribution < 1.29 is 14.1 Å². The fraction of sp³-hybridized carbons (Fsp3) is 0.267. The maximum Gasteiger partial charge on any atom is 0.273 e. The highest BCUT2D eigenvalue weighted by Crippen LogP contribution is 2.27. The van der Waals surface area contributed by atoms with E-state index in [0.29, 0.717) is 18.6 Å². The molecule has 3 rings (SSSR count). The third-order valence-electron chi connectivity index (χ3n) is 3.68. The van der Waals surface area contributed by atoms with Crippen LogP contribution in [0.4, 0.5) is 0 Å². The molecule has 1 aromatic heterocycles. The molecule has 2 aromatic rings. The van der Waals surface area contributed by atoms with Gasteiger partial charge in [0.05, 0.1) is 0 Å². The molecule has 6 nitrogen and oxygen atoms in total. The Balaban J connectivity index is 1.62. The van der Waals surface area contributed by atoms with Crippen molar-refractivity contribution in [2.24, 2.45) is 11.7 Å². The van der Waals surface area contributed by atoms with E-state index in [4.69, 9.17) is 10.3 Å². The predicted octanol–water partition coefficient (Wildman–Crippen LogP) is 1.34. The van der Waals surface area contributed by atoms with Crippen molar-refractivity contribution in [2.75, 3.05) is 0 Å². The summed E-state index contributed by atoms with van der Waals surface area (Å²) in [5.41, 5.74) is 6.29. The zero-order valence-corrected chi connectivity index (χ0v) is 11.3. The number of carbonyl (C=O) groups excluding carboxylic acids is 2. The minimum atomic E-state index is -0.312. The Labute approximate surface area is 121 Å². The number of hydrogen-bond donors (Lipinski definition) is 2. The van der Waals surface area contributed by atoms with E-state index in [9.17, 15) is 9.59 Å². The second-order valence-electron chi connectivity index (χ2n) is 5.18. The summed E-state index contributed by atoms with van der Waals surface area (Å²) in [5.74, 6) is -0.195. The zero-order chi connectivity index (χ0) is 14.8. The van der Waals surface area contributed by atoms with Crippen LogP contribution in [0.15, 0.2) is 40.9 Å². The highest BCUT2D eigenvalue weighted by atomic mass is 16.5. The van der Waals surface area contributed by atoms with Crippen LogP contribution in [0.5, 0.6) is 0 Å². The predicted molar refractivity (Wildman–Crippen MR) is 75.1 cm³/mol. The maximum atomic E-state index is 12.0. The summed E-state index contributed by atoms with van der Waals surface area (Å²) in [6.07, 6.45) is 1.18. The smallest absolute Gasteiger partial charge is 0.273 e. The number of rotatable bonds is 4. The van der Waals surface area contributed by atoms with E-state index in [1.807, 2.05) is 30.3 Å². The third-order valence-corrected chi connectivity index (χ3v) is 3.68. The fourth-order valence-corrected chi connectivity index (χ4v) is 2.35. The number of amides is 2. The number of nitrogens with zero attached hydrogens (tertiary/aromatic N) is 1. The normalized spacial score (nSPS) is 20.6. The molecule has 0 atom stereocenters. The first-order chi connectivity index (χ1) is 10.1. The largest absolute Gasteiger partial charge is 0.369 e. The van der Waals surface area contributed by atoms with Crippen LogP contribution in [0, 0.1) is 5.92 Å². The summed E-state index contributed by atoms with van der Waals surface area (Å²) in [7, 11) is 0. The molecule has 2 amide bonds. The van der Waals surface area contributed by atoms with Crippen LogP contribution in [0.1, 0.15) is 23.3 Å². The van der Waals surface area contributed by atoms with Crippen LogP contribution in [-0.2, 0) is 4.79 Å². The van der Waals surface area contributed by atoms with Crippen LogP contribution in [-0.4, -0.2) is 23.0 Å². The molecule has 0 aliphatic heterocycles. The average Bonchev–Trinajstić information content (AvgIpc) is 2.92. The van der Waals surface area contributed by atoms with Gasteiger partial charge in [-0.25, -0.2) is 0 Å². The lowest BCUT2D eigenvalue weighted by Gasteiger charge is -2.33. The number of aromatic nitrogens is 1. The molecule has 0 unspecified atom stereocenters. The summed E-state index contributed by atoms with van der Waals surface area (Å²) in [6.45, 7) is 0. The van der Waals surface area contributed by atoms with Crippen molar-refractivity contribution in [1.29, 1.82) is 0 Å². The Kier molecular flexibility index (Phi) is 3.43. The van der Waals surface area contributed by atoms with Crippen molar-refractivity contribution in [3.8, 4) is 11.3 Å². The Bertz CT molecular complexity index is 660. The van der Waals surface area contributed by atoms with Gasteiger partial charge >= 0.3 is 0 Å².